The molecule has 1 unspecified atom stereocenters. The van der Waals surface area contributed by atoms with Gasteiger partial charge in [0.1, 0.15) is 6.04 Å². The Balaban J connectivity index is 2.15. The molecule has 1 aliphatic rings. The lowest BCUT2D eigenvalue weighted by Gasteiger charge is -2.24. The van der Waals surface area contributed by atoms with Crippen molar-refractivity contribution in [2.45, 2.75) is 52.5 Å². The molecule has 1 fully saturated rings. The summed E-state index contributed by atoms with van der Waals surface area (Å²) < 4.78 is 1.76. The first kappa shape index (κ1) is 13.9. The van der Waals surface area contributed by atoms with E-state index < -0.39 is 0 Å². The molecule has 5 nitrogen and oxygen atoms in total. The molecule has 1 aromatic heterocycles. The topological polar surface area (TPSA) is 64.2 Å². The van der Waals surface area contributed by atoms with Crippen molar-refractivity contribution in [3.63, 3.8) is 0 Å². The van der Waals surface area contributed by atoms with Gasteiger partial charge in [0.2, 0.25) is 5.91 Å². The van der Waals surface area contributed by atoms with Crippen molar-refractivity contribution in [1.29, 1.82) is 0 Å². The second-order valence-electron chi connectivity index (χ2n) is 5.44. The van der Waals surface area contributed by atoms with Crippen molar-refractivity contribution < 1.29 is 4.79 Å². The smallest absolute Gasteiger partial charge is 0.247 e. The Labute approximate surface area is 114 Å². The fourth-order valence-electron chi connectivity index (χ4n) is 2.71. The molecule has 2 N–H and O–H groups in total. The number of nitrogens with two attached hydrogens (primary N) is 1. The van der Waals surface area contributed by atoms with Gasteiger partial charge in [0, 0.05) is 13.1 Å². The summed E-state index contributed by atoms with van der Waals surface area (Å²) in [6.45, 7) is 7.45. The number of anilines is 1. The van der Waals surface area contributed by atoms with Gasteiger partial charge in [0.15, 0.2) is 0 Å². The predicted octanol–water partition coefficient (Wildman–Crippen LogP) is 2.05. The molecule has 106 valence electrons. The van der Waals surface area contributed by atoms with Crippen LogP contribution in [0.4, 0.5) is 5.69 Å². The molecule has 0 aromatic carbocycles. The monoisotopic (exact) mass is 264 g/mol. The standard InChI is InChI=1S/C14H24N4O/c1-10-13(15)11(2)18(16-10)12(3)14(19)17-8-6-4-5-7-9-17/h12H,4-9,15H2,1-3H3. The minimum Gasteiger partial charge on any atom is -0.396 e. The highest BCUT2D eigenvalue weighted by Gasteiger charge is 2.25. The van der Waals surface area contributed by atoms with E-state index in [1.54, 1.807) is 4.68 Å². The normalized spacial score (nSPS) is 18.2. The first-order valence-corrected chi connectivity index (χ1v) is 7.12. The maximum atomic E-state index is 12.5. The number of nitrogens with zero attached hydrogens (tertiary/aromatic N) is 3. The highest BCUT2D eigenvalue weighted by atomic mass is 16.2. The SMILES string of the molecule is Cc1nn(C(C)C(=O)N2CCCCCC2)c(C)c1N. The summed E-state index contributed by atoms with van der Waals surface area (Å²) >= 11 is 0. The molecule has 5 heteroatoms. The van der Waals surface area contributed by atoms with E-state index in [1.807, 2.05) is 25.7 Å². The third-order valence-corrected chi connectivity index (χ3v) is 4.02. The van der Waals surface area contributed by atoms with E-state index in [1.165, 1.54) is 12.8 Å². The van der Waals surface area contributed by atoms with E-state index in [0.29, 0.717) is 5.69 Å². The summed E-state index contributed by atoms with van der Waals surface area (Å²) in [4.78, 5) is 14.5. The first-order chi connectivity index (χ1) is 9.02. The van der Waals surface area contributed by atoms with Crippen LogP contribution in [0.25, 0.3) is 0 Å². The summed E-state index contributed by atoms with van der Waals surface area (Å²) in [5.74, 6) is 0.160. The van der Waals surface area contributed by atoms with Crippen molar-refractivity contribution in [3.05, 3.63) is 11.4 Å². The van der Waals surface area contributed by atoms with Gasteiger partial charge in [0.25, 0.3) is 0 Å². The first-order valence-electron chi connectivity index (χ1n) is 7.12. The average Bonchev–Trinajstić information content (AvgIpc) is 2.66. The summed E-state index contributed by atoms with van der Waals surface area (Å²) in [6.07, 6.45) is 4.67. The molecule has 2 heterocycles. The number of aryl methyl sites for hydroxylation is 1. The Bertz CT molecular complexity index is 458. The lowest BCUT2D eigenvalue weighted by molar-refractivity contribution is -0.134. The van der Waals surface area contributed by atoms with Crippen LogP contribution < -0.4 is 5.73 Å². The van der Waals surface area contributed by atoms with Crippen LogP contribution in [0.3, 0.4) is 0 Å². The molecule has 0 radical (unpaired) electrons. The summed E-state index contributed by atoms with van der Waals surface area (Å²) in [5, 5.41) is 4.39. The molecule has 0 spiro atoms. The second-order valence-corrected chi connectivity index (χ2v) is 5.44. The van der Waals surface area contributed by atoms with Gasteiger partial charge in [-0.2, -0.15) is 5.10 Å². The molecule has 0 aliphatic carbocycles. The van der Waals surface area contributed by atoms with Gasteiger partial charge in [-0.1, -0.05) is 12.8 Å². The van der Waals surface area contributed by atoms with E-state index >= 15 is 0 Å². The van der Waals surface area contributed by atoms with E-state index in [0.717, 1.165) is 37.3 Å². The van der Waals surface area contributed by atoms with Gasteiger partial charge in [-0.25, -0.2) is 0 Å². The fourth-order valence-corrected chi connectivity index (χ4v) is 2.71. The second kappa shape index (κ2) is 5.63. The minimum absolute atomic E-state index is 0.160. The number of hydrogen-bond acceptors (Lipinski definition) is 3. The van der Waals surface area contributed by atoms with Gasteiger partial charge in [-0.15, -0.1) is 0 Å². The highest BCUT2D eigenvalue weighted by molar-refractivity contribution is 5.80. The van der Waals surface area contributed by atoms with Gasteiger partial charge < -0.3 is 10.6 Å². The van der Waals surface area contributed by atoms with Crippen LogP contribution in [0.2, 0.25) is 0 Å². The van der Waals surface area contributed by atoms with Crippen LogP contribution >= 0.6 is 0 Å². The van der Waals surface area contributed by atoms with Crippen molar-refractivity contribution in [3.8, 4) is 0 Å². The lowest BCUT2D eigenvalue weighted by Crippen LogP contribution is -2.37. The Morgan fingerprint density at radius 1 is 1.21 bits per heavy atom. The molecule has 1 atom stereocenters. The molecule has 1 aromatic rings. The van der Waals surface area contributed by atoms with Gasteiger partial charge in [-0.05, 0) is 33.6 Å². The van der Waals surface area contributed by atoms with E-state index in [4.69, 9.17) is 5.73 Å². The zero-order valence-corrected chi connectivity index (χ0v) is 12.1. The maximum absolute atomic E-state index is 12.5. The van der Waals surface area contributed by atoms with Crippen molar-refractivity contribution in [2.24, 2.45) is 0 Å². The van der Waals surface area contributed by atoms with Crippen LogP contribution in [0.1, 0.15) is 50.0 Å². The largest absolute Gasteiger partial charge is 0.396 e. The highest BCUT2D eigenvalue weighted by Crippen LogP contribution is 2.21. The molecule has 19 heavy (non-hydrogen) atoms. The third-order valence-electron chi connectivity index (χ3n) is 4.02. The van der Waals surface area contributed by atoms with E-state index in [-0.39, 0.29) is 11.9 Å². The fraction of sp³-hybridized carbons (Fsp3) is 0.714. The third kappa shape index (κ3) is 2.74. The van der Waals surface area contributed by atoms with Crippen LogP contribution in [-0.4, -0.2) is 33.7 Å². The zero-order valence-electron chi connectivity index (χ0n) is 12.1. The lowest BCUT2D eigenvalue weighted by atomic mass is 10.2. The Morgan fingerprint density at radius 3 is 2.26 bits per heavy atom. The zero-order chi connectivity index (χ0) is 14.0. The van der Waals surface area contributed by atoms with Crippen LogP contribution in [-0.2, 0) is 4.79 Å². The molecule has 0 bridgehead atoms. The van der Waals surface area contributed by atoms with Crippen LogP contribution in [0.15, 0.2) is 0 Å². The van der Waals surface area contributed by atoms with Gasteiger partial charge in [-0.3, -0.25) is 9.48 Å². The van der Waals surface area contributed by atoms with Gasteiger partial charge in [0.05, 0.1) is 17.1 Å². The van der Waals surface area contributed by atoms with Crippen molar-refractivity contribution in [2.75, 3.05) is 18.8 Å². The van der Waals surface area contributed by atoms with Crippen molar-refractivity contribution in [1.82, 2.24) is 14.7 Å². The average molecular weight is 264 g/mol. The summed E-state index contributed by atoms with van der Waals surface area (Å²) in [5.41, 5.74) is 8.31. The number of nitrogen functional groups attached to an aromatic ring is 1. The van der Waals surface area contributed by atoms with E-state index in [9.17, 15) is 4.79 Å². The molecular weight excluding hydrogens is 240 g/mol. The Morgan fingerprint density at radius 2 is 1.79 bits per heavy atom. The number of carbonyl (C=O) groups is 1. The number of carbonyl (C=O) groups excluding carboxylic acids is 1. The van der Waals surface area contributed by atoms with E-state index in [2.05, 4.69) is 5.10 Å². The predicted molar refractivity (Wildman–Crippen MR) is 75.9 cm³/mol. The Kier molecular flexibility index (Phi) is 4.12. The van der Waals surface area contributed by atoms with Crippen LogP contribution in [0.5, 0.6) is 0 Å². The summed E-state index contributed by atoms with van der Waals surface area (Å²) in [7, 11) is 0. The quantitative estimate of drug-likeness (QED) is 0.889. The number of likely N-dealkylation sites (tertiary alicyclic amines) is 1. The molecule has 2 rings (SSSR count). The molecular formula is C14H24N4O. The van der Waals surface area contributed by atoms with Crippen LogP contribution in [0, 0.1) is 13.8 Å². The molecule has 1 amide bonds. The number of rotatable bonds is 2. The maximum Gasteiger partial charge on any atom is 0.247 e. The molecule has 1 aliphatic heterocycles. The van der Waals surface area contributed by atoms with Crippen molar-refractivity contribution >= 4 is 11.6 Å². The Hall–Kier alpha value is -1.52. The number of amides is 1. The minimum atomic E-state index is -0.269. The van der Waals surface area contributed by atoms with Gasteiger partial charge >= 0.3 is 0 Å². The molecule has 0 saturated carbocycles. The number of aromatic nitrogens is 2. The summed E-state index contributed by atoms with van der Waals surface area (Å²) in [6, 6.07) is -0.269. The molecule has 1 saturated heterocycles. The number of hydrogen-bond donors (Lipinski definition) is 1.